The van der Waals surface area contributed by atoms with Crippen LogP contribution in [0.1, 0.15) is 39.1 Å². The van der Waals surface area contributed by atoms with Crippen LogP contribution in [0.25, 0.3) is 11.2 Å². The van der Waals surface area contributed by atoms with E-state index in [2.05, 4.69) is 15.0 Å². The van der Waals surface area contributed by atoms with Crippen LogP contribution in [-0.4, -0.2) is 71.3 Å². The van der Waals surface area contributed by atoms with Crippen molar-refractivity contribution in [3.8, 4) is 0 Å². The molecule has 3 N–H and O–H groups in total. The monoisotopic (exact) mass is 380 g/mol. The molecular weight excluding hydrogens is 356 g/mol. The van der Waals surface area contributed by atoms with Crippen molar-refractivity contribution in [2.45, 2.75) is 63.8 Å². The third-order valence-electron chi connectivity index (χ3n) is 4.21. The number of aromatic nitrogens is 4. The molecule has 2 aromatic heterocycles. The molecule has 0 bridgehead atoms. The van der Waals surface area contributed by atoms with Crippen molar-refractivity contribution < 1.29 is 29.6 Å². The first-order chi connectivity index (χ1) is 12.7. The van der Waals surface area contributed by atoms with Crippen LogP contribution in [-0.2, 0) is 20.7 Å². The van der Waals surface area contributed by atoms with Crippen molar-refractivity contribution >= 4 is 17.1 Å². The SMILES string of the molecule is CC(C)(C)OC(=O)CCc1ncnc2c1ncn2[C@@H]1O[C@H](CO)[C@@H](O)[C@H]1O. The molecule has 3 heterocycles. The Labute approximate surface area is 155 Å². The molecule has 0 unspecified atom stereocenters. The maximum Gasteiger partial charge on any atom is 0.306 e. The minimum absolute atomic E-state index is 0.143. The number of rotatable bonds is 5. The molecule has 0 spiro atoms. The number of ether oxygens (including phenoxy) is 2. The lowest BCUT2D eigenvalue weighted by atomic mass is 10.1. The predicted molar refractivity (Wildman–Crippen MR) is 92.5 cm³/mol. The molecule has 0 aliphatic carbocycles. The molecule has 1 fully saturated rings. The molecule has 1 saturated heterocycles. The van der Waals surface area contributed by atoms with Gasteiger partial charge in [-0.1, -0.05) is 0 Å². The number of aryl methyl sites for hydroxylation is 1. The van der Waals surface area contributed by atoms with E-state index < -0.39 is 36.7 Å². The molecule has 148 valence electrons. The first-order valence-corrected chi connectivity index (χ1v) is 8.72. The average molecular weight is 380 g/mol. The Bertz CT molecular complexity index is 817. The van der Waals surface area contributed by atoms with Gasteiger partial charge in [-0.05, 0) is 20.8 Å². The highest BCUT2D eigenvalue weighted by atomic mass is 16.6. The van der Waals surface area contributed by atoms with Crippen molar-refractivity contribution in [1.82, 2.24) is 19.5 Å². The zero-order chi connectivity index (χ0) is 19.8. The van der Waals surface area contributed by atoms with Crippen molar-refractivity contribution in [1.29, 1.82) is 0 Å². The molecule has 1 aliphatic heterocycles. The number of carbonyl (C=O) groups is 1. The summed E-state index contributed by atoms with van der Waals surface area (Å²) in [5, 5.41) is 29.4. The number of esters is 1. The number of aliphatic hydroxyl groups is 3. The van der Waals surface area contributed by atoms with E-state index in [-0.39, 0.29) is 12.4 Å². The van der Waals surface area contributed by atoms with E-state index in [0.717, 1.165) is 0 Å². The van der Waals surface area contributed by atoms with Gasteiger partial charge in [0.15, 0.2) is 11.9 Å². The first kappa shape index (κ1) is 19.6. The molecule has 10 heteroatoms. The van der Waals surface area contributed by atoms with E-state index in [1.54, 1.807) is 20.8 Å². The minimum Gasteiger partial charge on any atom is -0.460 e. The number of fused-ring (bicyclic) bond motifs is 1. The Morgan fingerprint density at radius 3 is 2.63 bits per heavy atom. The Morgan fingerprint density at radius 2 is 2.00 bits per heavy atom. The zero-order valence-corrected chi connectivity index (χ0v) is 15.4. The summed E-state index contributed by atoms with van der Waals surface area (Å²) in [6.45, 7) is 4.99. The Kier molecular flexibility index (Phi) is 5.43. The number of hydrogen-bond donors (Lipinski definition) is 3. The van der Waals surface area contributed by atoms with Gasteiger partial charge in [0.25, 0.3) is 0 Å². The van der Waals surface area contributed by atoms with E-state index in [9.17, 15) is 20.1 Å². The van der Waals surface area contributed by atoms with Gasteiger partial charge in [0.1, 0.15) is 35.8 Å². The maximum absolute atomic E-state index is 11.9. The van der Waals surface area contributed by atoms with Crippen LogP contribution in [0.3, 0.4) is 0 Å². The average Bonchev–Trinajstić information content (AvgIpc) is 3.14. The summed E-state index contributed by atoms with van der Waals surface area (Å²) in [6, 6.07) is 0. The summed E-state index contributed by atoms with van der Waals surface area (Å²) in [4.78, 5) is 24.6. The van der Waals surface area contributed by atoms with E-state index in [4.69, 9.17) is 9.47 Å². The second-order valence-corrected chi connectivity index (χ2v) is 7.46. The molecule has 1 aliphatic rings. The van der Waals surface area contributed by atoms with Crippen LogP contribution >= 0.6 is 0 Å². The highest BCUT2D eigenvalue weighted by Gasteiger charge is 2.44. The van der Waals surface area contributed by atoms with Crippen molar-refractivity contribution in [2.24, 2.45) is 0 Å². The fourth-order valence-corrected chi connectivity index (χ4v) is 2.99. The van der Waals surface area contributed by atoms with Crippen molar-refractivity contribution in [2.75, 3.05) is 6.61 Å². The smallest absolute Gasteiger partial charge is 0.306 e. The Hall–Kier alpha value is -2.14. The quantitative estimate of drug-likeness (QED) is 0.597. The molecule has 0 saturated carbocycles. The van der Waals surface area contributed by atoms with Gasteiger partial charge in [-0.2, -0.15) is 0 Å². The summed E-state index contributed by atoms with van der Waals surface area (Å²) in [7, 11) is 0. The fourth-order valence-electron chi connectivity index (χ4n) is 2.99. The summed E-state index contributed by atoms with van der Waals surface area (Å²) in [5.41, 5.74) is 0.883. The lowest BCUT2D eigenvalue weighted by molar-refractivity contribution is -0.154. The standard InChI is InChI=1S/C17H24N4O6/c1-17(2,3)27-11(23)5-4-9-12-15(19-7-18-9)21(8-20-12)16-14(25)13(24)10(6-22)26-16/h7-8,10,13-14,16,22,24-25H,4-6H2,1-3H3/t10-,13-,14-,16-/m1/s1. The predicted octanol–water partition coefficient (Wildman–Crippen LogP) is -0.288. The highest BCUT2D eigenvalue weighted by molar-refractivity contribution is 5.75. The van der Waals surface area contributed by atoms with Crippen LogP contribution in [0.4, 0.5) is 0 Å². The van der Waals surface area contributed by atoms with Crippen LogP contribution < -0.4 is 0 Å². The van der Waals surface area contributed by atoms with Crippen molar-refractivity contribution in [3.63, 3.8) is 0 Å². The Balaban J connectivity index is 1.80. The first-order valence-electron chi connectivity index (χ1n) is 8.72. The van der Waals surface area contributed by atoms with E-state index in [1.807, 2.05) is 0 Å². The number of hydrogen-bond acceptors (Lipinski definition) is 9. The van der Waals surface area contributed by atoms with Crippen LogP contribution in [0.5, 0.6) is 0 Å². The molecule has 10 nitrogen and oxygen atoms in total. The molecule has 4 atom stereocenters. The third-order valence-corrected chi connectivity index (χ3v) is 4.21. The summed E-state index contributed by atoms with van der Waals surface area (Å²) in [5.74, 6) is -0.336. The maximum atomic E-state index is 11.9. The van der Waals surface area contributed by atoms with Gasteiger partial charge in [0.2, 0.25) is 0 Å². The molecule has 2 aromatic rings. The normalized spacial score (nSPS) is 25.9. The fraction of sp³-hybridized carbons (Fsp3) is 0.647. The lowest BCUT2D eigenvalue weighted by Crippen LogP contribution is -2.33. The van der Waals surface area contributed by atoms with Gasteiger partial charge in [-0.3, -0.25) is 9.36 Å². The van der Waals surface area contributed by atoms with Gasteiger partial charge in [-0.25, -0.2) is 15.0 Å². The number of imidazole rings is 1. The number of nitrogens with zero attached hydrogens (tertiary/aromatic N) is 4. The topological polar surface area (TPSA) is 140 Å². The van der Waals surface area contributed by atoms with Gasteiger partial charge in [0, 0.05) is 6.42 Å². The van der Waals surface area contributed by atoms with Crippen LogP contribution in [0.15, 0.2) is 12.7 Å². The second-order valence-electron chi connectivity index (χ2n) is 7.46. The third kappa shape index (κ3) is 4.08. The highest BCUT2D eigenvalue weighted by Crippen LogP contribution is 2.31. The van der Waals surface area contributed by atoms with E-state index >= 15 is 0 Å². The summed E-state index contributed by atoms with van der Waals surface area (Å²) < 4.78 is 12.3. The Morgan fingerprint density at radius 1 is 1.26 bits per heavy atom. The molecule has 0 aromatic carbocycles. The van der Waals surface area contributed by atoms with Gasteiger partial charge in [0.05, 0.1) is 25.0 Å². The van der Waals surface area contributed by atoms with Crippen LogP contribution in [0, 0.1) is 0 Å². The minimum atomic E-state index is -1.24. The number of carbonyl (C=O) groups excluding carboxylic acids is 1. The zero-order valence-electron chi connectivity index (χ0n) is 15.4. The van der Waals surface area contributed by atoms with Gasteiger partial charge in [-0.15, -0.1) is 0 Å². The lowest BCUT2D eigenvalue weighted by Gasteiger charge is -2.19. The molecule has 0 radical (unpaired) electrons. The molecule has 0 amide bonds. The second kappa shape index (κ2) is 7.47. The van der Waals surface area contributed by atoms with E-state index in [0.29, 0.717) is 23.3 Å². The van der Waals surface area contributed by atoms with Crippen molar-refractivity contribution in [3.05, 3.63) is 18.3 Å². The summed E-state index contributed by atoms with van der Waals surface area (Å²) in [6.07, 6.45) is -1.05. The number of aliphatic hydroxyl groups excluding tert-OH is 3. The molecular formula is C17H24N4O6. The van der Waals surface area contributed by atoms with Gasteiger partial charge >= 0.3 is 5.97 Å². The molecule has 27 heavy (non-hydrogen) atoms. The van der Waals surface area contributed by atoms with E-state index in [1.165, 1.54) is 17.2 Å². The largest absolute Gasteiger partial charge is 0.460 e. The van der Waals surface area contributed by atoms with Gasteiger partial charge < -0.3 is 24.8 Å². The summed E-state index contributed by atoms with van der Waals surface area (Å²) >= 11 is 0. The van der Waals surface area contributed by atoms with Crippen LogP contribution in [0.2, 0.25) is 0 Å². The molecule has 3 rings (SSSR count).